The predicted molar refractivity (Wildman–Crippen MR) is 76.4 cm³/mol. The molecule has 0 aliphatic carbocycles. The van der Waals surface area contributed by atoms with Crippen molar-refractivity contribution < 1.29 is 9.50 Å². The first-order valence-electron chi connectivity index (χ1n) is 6.91. The summed E-state index contributed by atoms with van der Waals surface area (Å²) in [5.74, 6) is -0.235. The Kier molecular flexibility index (Phi) is 6.99. The number of aliphatic hydroxyl groups is 1. The smallest absolute Gasteiger partial charge is 0.127 e. The Morgan fingerprint density at radius 2 is 1.95 bits per heavy atom. The molecule has 0 aliphatic heterocycles. The van der Waals surface area contributed by atoms with Crippen LogP contribution in [0.2, 0.25) is 0 Å². The van der Waals surface area contributed by atoms with Gasteiger partial charge in [0.1, 0.15) is 5.82 Å². The van der Waals surface area contributed by atoms with Crippen LogP contribution in [0.1, 0.15) is 38.3 Å². The van der Waals surface area contributed by atoms with E-state index in [1.807, 2.05) is 6.07 Å². The van der Waals surface area contributed by atoms with Gasteiger partial charge in [-0.3, -0.25) is 0 Å². The maximum Gasteiger partial charge on any atom is 0.127 e. The van der Waals surface area contributed by atoms with E-state index >= 15 is 0 Å². The third-order valence-electron chi connectivity index (χ3n) is 3.37. The Hall–Kier alpha value is -0.970. The molecule has 1 aromatic rings. The van der Waals surface area contributed by atoms with Crippen molar-refractivity contribution in [2.75, 3.05) is 19.7 Å². The maximum absolute atomic E-state index is 13.6. The van der Waals surface area contributed by atoms with Crippen molar-refractivity contribution in [3.63, 3.8) is 0 Å². The van der Waals surface area contributed by atoms with Crippen LogP contribution < -0.4 is 5.73 Å². The summed E-state index contributed by atoms with van der Waals surface area (Å²) in [7, 11) is 0. The molecule has 0 aliphatic rings. The molecule has 0 radical (unpaired) electrons. The minimum Gasteiger partial charge on any atom is -0.396 e. The first-order valence-corrected chi connectivity index (χ1v) is 6.91. The number of aliphatic hydroxyl groups excluding tert-OH is 1. The molecule has 0 aromatic heterocycles. The molecule has 19 heavy (non-hydrogen) atoms. The molecule has 1 aromatic carbocycles. The summed E-state index contributed by atoms with van der Waals surface area (Å²) in [6.07, 6.45) is 1.47. The minimum atomic E-state index is -0.281. The quantitative estimate of drug-likeness (QED) is 0.760. The summed E-state index contributed by atoms with van der Waals surface area (Å²) in [6.45, 7) is 6.09. The van der Waals surface area contributed by atoms with Crippen LogP contribution in [0.4, 0.5) is 4.39 Å². The Morgan fingerprint density at radius 3 is 2.53 bits per heavy atom. The predicted octanol–water partition coefficient (Wildman–Crippen LogP) is 2.31. The van der Waals surface area contributed by atoms with Crippen LogP contribution in [0.5, 0.6) is 0 Å². The Bertz CT molecular complexity index is 371. The molecule has 0 saturated carbocycles. The van der Waals surface area contributed by atoms with E-state index in [2.05, 4.69) is 18.7 Å². The van der Waals surface area contributed by atoms with Crippen molar-refractivity contribution in [1.29, 1.82) is 0 Å². The number of halogens is 1. The lowest BCUT2D eigenvalue weighted by Gasteiger charge is -2.27. The second-order valence-electron chi connectivity index (χ2n) is 5.12. The highest BCUT2D eigenvalue weighted by atomic mass is 19.1. The van der Waals surface area contributed by atoms with Gasteiger partial charge in [0.15, 0.2) is 0 Å². The summed E-state index contributed by atoms with van der Waals surface area (Å²) in [5.41, 5.74) is 6.63. The highest BCUT2D eigenvalue weighted by molar-refractivity contribution is 5.20. The zero-order valence-electron chi connectivity index (χ0n) is 11.8. The van der Waals surface area contributed by atoms with Crippen LogP contribution in [0.3, 0.4) is 0 Å². The normalized spacial score (nSPS) is 13.2. The van der Waals surface area contributed by atoms with E-state index < -0.39 is 0 Å². The molecule has 0 amide bonds. The van der Waals surface area contributed by atoms with Gasteiger partial charge in [0, 0.05) is 37.3 Å². The molecule has 0 fully saturated rings. The molecular weight excluding hydrogens is 243 g/mol. The molecule has 4 heteroatoms. The van der Waals surface area contributed by atoms with Gasteiger partial charge in [-0.2, -0.15) is 0 Å². The lowest BCUT2D eigenvalue weighted by Crippen LogP contribution is -2.34. The van der Waals surface area contributed by atoms with E-state index in [4.69, 9.17) is 10.8 Å². The van der Waals surface area contributed by atoms with E-state index in [0.29, 0.717) is 18.0 Å². The van der Waals surface area contributed by atoms with Gasteiger partial charge in [0.25, 0.3) is 0 Å². The van der Waals surface area contributed by atoms with Gasteiger partial charge in [-0.1, -0.05) is 18.2 Å². The molecule has 3 nitrogen and oxygen atoms in total. The molecule has 0 spiro atoms. The Labute approximate surface area is 115 Å². The van der Waals surface area contributed by atoms with Crippen LogP contribution in [0.15, 0.2) is 24.3 Å². The van der Waals surface area contributed by atoms with Crippen LogP contribution in [0, 0.1) is 5.82 Å². The number of hydrogen-bond acceptors (Lipinski definition) is 3. The standard InChI is InChI=1S/C15H25FN2O/c1-12(2)18(9-5-11-19)10-8-15(17)13-6-3-4-7-14(13)16/h3-4,6-7,12,15,19H,5,8-11,17H2,1-2H3. The van der Waals surface area contributed by atoms with Crippen molar-refractivity contribution in [3.05, 3.63) is 35.6 Å². The molecule has 0 bridgehead atoms. The van der Waals surface area contributed by atoms with Gasteiger partial charge in [0.2, 0.25) is 0 Å². The van der Waals surface area contributed by atoms with Gasteiger partial charge >= 0.3 is 0 Å². The average molecular weight is 268 g/mol. The van der Waals surface area contributed by atoms with Crippen LogP contribution >= 0.6 is 0 Å². The average Bonchev–Trinajstić information content (AvgIpc) is 2.38. The van der Waals surface area contributed by atoms with Gasteiger partial charge in [-0.05, 0) is 32.8 Å². The lowest BCUT2D eigenvalue weighted by molar-refractivity contribution is 0.186. The van der Waals surface area contributed by atoms with E-state index in [0.717, 1.165) is 19.5 Å². The molecular formula is C15H25FN2O. The maximum atomic E-state index is 13.6. The lowest BCUT2D eigenvalue weighted by atomic mass is 10.0. The largest absolute Gasteiger partial charge is 0.396 e. The number of benzene rings is 1. The third-order valence-corrected chi connectivity index (χ3v) is 3.37. The van der Waals surface area contributed by atoms with Gasteiger partial charge in [-0.25, -0.2) is 4.39 Å². The van der Waals surface area contributed by atoms with E-state index in [-0.39, 0.29) is 18.5 Å². The Morgan fingerprint density at radius 1 is 1.26 bits per heavy atom. The van der Waals surface area contributed by atoms with Gasteiger partial charge in [0.05, 0.1) is 0 Å². The monoisotopic (exact) mass is 268 g/mol. The van der Waals surface area contributed by atoms with Gasteiger partial charge in [-0.15, -0.1) is 0 Å². The zero-order valence-corrected chi connectivity index (χ0v) is 11.8. The van der Waals surface area contributed by atoms with Crippen molar-refractivity contribution in [2.24, 2.45) is 5.73 Å². The van der Waals surface area contributed by atoms with E-state index in [1.54, 1.807) is 12.1 Å². The highest BCUT2D eigenvalue weighted by Gasteiger charge is 2.14. The van der Waals surface area contributed by atoms with Crippen molar-refractivity contribution in [2.45, 2.75) is 38.8 Å². The second kappa shape index (κ2) is 8.25. The number of hydrogen-bond donors (Lipinski definition) is 2. The van der Waals surface area contributed by atoms with E-state index in [1.165, 1.54) is 6.07 Å². The van der Waals surface area contributed by atoms with Crippen LogP contribution in [-0.4, -0.2) is 35.7 Å². The number of nitrogens with two attached hydrogens (primary N) is 1. The molecule has 1 rings (SSSR count). The third kappa shape index (κ3) is 5.27. The molecule has 1 unspecified atom stereocenters. The fourth-order valence-corrected chi connectivity index (χ4v) is 2.14. The summed E-state index contributed by atoms with van der Waals surface area (Å²) in [4.78, 5) is 2.26. The first-order chi connectivity index (χ1) is 9.06. The number of rotatable bonds is 8. The fraction of sp³-hybridized carbons (Fsp3) is 0.600. The summed E-state index contributed by atoms with van der Waals surface area (Å²) >= 11 is 0. The Balaban J connectivity index is 2.52. The molecule has 1 atom stereocenters. The summed E-state index contributed by atoms with van der Waals surface area (Å²) in [6, 6.07) is 6.79. The minimum absolute atomic E-state index is 0.197. The molecule has 3 N–H and O–H groups in total. The topological polar surface area (TPSA) is 49.5 Å². The fourth-order valence-electron chi connectivity index (χ4n) is 2.14. The summed E-state index contributed by atoms with van der Waals surface area (Å²) < 4.78 is 13.6. The van der Waals surface area contributed by atoms with Crippen molar-refractivity contribution in [3.8, 4) is 0 Å². The van der Waals surface area contributed by atoms with Crippen LogP contribution in [0.25, 0.3) is 0 Å². The number of nitrogens with zero attached hydrogens (tertiary/aromatic N) is 1. The van der Waals surface area contributed by atoms with Crippen molar-refractivity contribution in [1.82, 2.24) is 4.90 Å². The first kappa shape index (κ1) is 16.1. The molecule has 0 heterocycles. The molecule has 0 saturated heterocycles. The second-order valence-corrected chi connectivity index (χ2v) is 5.12. The van der Waals surface area contributed by atoms with Gasteiger partial charge < -0.3 is 15.7 Å². The summed E-state index contributed by atoms with van der Waals surface area (Å²) in [5, 5.41) is 8.89. The van der Waals surface area contributed by atoms with Crippen LogP contribution in [-0.2, 0) is 0 Å². The highest BCUT2D eigenvalue weighted by Crippen LogP contribution is 2.18. The van der Waals surface area contributed by atoms with Crippen molar-refractivity contribution >= 4 is 0 Å². The molecule has 108 valence electrons. The SMILES string of the molecule is CC(C)N(CCCO)CCC(N)c1ccccc1F. The zero-order chi connectivity index (χ0) is 14.3. The van der Waals surface area contributed by atoms with E-state index in [9.17, 15) is 4.39 Å².